The molecule has 0 aromatic heterocycles. The fourth-order valence-electron chi connectivity index (χ4n) is 3.52. The Morgan fingerprint density at radius 2 is 1.82 bits per heavy atom. The van der Waals surface area contributed by atoms with Gasteiger partial charge >= 0.3 is 6.18 Å². The smallest absolute Gasteiger partial charge is 0.311 e. The molecule has 2 atom stereocenters. The number of carbonyl (C=O) groups is 1. The number of alkyl halides is 3. The van der Waals surface area contributed by atoms with Crippen LogP contribution in [0.15, 0.2) is 18.2 Å². The van der Waals surface area contributed by atoms with E-state index in [1.807, 2.05) is 0 Å². The standard InChI is InChI=1S/C16H17F4NO/c17-14-8-11(16(18,19)20)2-1-9(14)7-15(22)10-5-12-3-4-13(6-10)21-12/h1-2,8,10,12-13,21H,3-7H2. The number of halogens is 4. The molecule has 1 aromatic carbocycles. The van der Waals surface area contributed by atoms with Gasteiger partial charge in [-0.25, -0.2) is 4.39 Å². The Morgan fingerprint density at radius 3 is 2.36 bits per heavy atom. The molecule has 2 saturated heterocycles. The molecule has 6 heteroatoms. The van der Waals surface area contributed by atoms with E-state index in [0.29, 0.717) is 18.2 Å². The van der Waals surface area contributed by atoms with E-state index in [2.05, 4.69) is 5.32 Å². The number of nitrogens with one attached hydrogen (secondary N) is 1. The first kappa shape index (κ1) is 15.5. The highest BCUT2D eigenvalue weighted by molar-refractivity contribution is 5.83. The number of carbonyl (C=O) groups excluding carboxylic acids is 1. The van der Waals surface area contributed by atoms with Crippen molar-refractivity contribution in [1.82, 2.24) is 5.32 Å². The van der Waals surface area contributed by atoms with Crippen LogP contribution in [0.5, 0.6) is 0 Å². The van der Waals surface area contributed by atoms with Gasteiger partial charge in [0.05, 0.1) is 5.56 Å². The monoisotopic (exact) mass is 315 g/mol. The van der Waals surface area contributed by atoms with E-state index in [1.54, 1.807) is 0 Å². The summed E-state index contributed by atoms with van der Waals surface area (Å²) in [5.41, 5.74) is -0.981. The van der Waals surface area contributed by atoms with Crippen LogP contribution in [0.2, 0.25) is 0 Å². The first-order valence-corrected chi connectivity index (χ1v) is 7.47. The van der Waals surface area contributed by atoms with Gasteiger partial charge in [0.1, 0.15) is 11.6 Å². The highest BCUT2D eigenvalue weighted by atomic mass is 19.4. The fraction of sp³-hybridized carbons (Fsp3) is 0.562. The van der Waals surface area contributed by atoms with Crippen LogP contribution in [0, 0.1) is 11.7 Å². The van der Waals surface area contributed by atoms with E-state index in [9.17, 15) is 22.4 Å². The Bertz CT molecular complexity index is 572. The molecule has 2 fully saturated rings. The average molecular weight is 315 g/mol. The number of ketones is 1. The second-order valence-electron chi connectivity index (χ2n) is 6.25. The number of hydrogen-bond donors (Lipinski definition) is 1. The molecular formula is C16H17F4NO. The van der Waals surface area contributed by atoms with Gasteiger partial charge in [-0.15, -0.1) is 0 Å². The molecule has 1 N–H and O–H groups in total. The third-order valence-corrected chi connectivity index (χ3v) is 4.67. The van der Waals surface area contributed by atoms with Gasteiger partial charge in [0.25, 0.3) is 0 Å². The Balaban J connectivity index is 1.69. The van der Waals surface area contributed by atoms with Crippen molar-refractivity contribution in [1.29, 1.82) is 0 Å². The van der Waals surface area contributed by atoms with Gasteiger partial charge < -0.3 is 5.32 Å². The van der Waals surface area contributed by atoms with Crippen molar-refractivity contribution in [2.45, 2.75) is 50.4 Å². The van der Waals surface area contributed by atoms with Crippen molar-refractivity contribution < 1.29 is 22.4 Å². The van der Waals surface area contributed by atoms with Gasteiger partial charge in [0.15, 0.2) is 0 Å². The van der Waals surface area contributed by atoms with Gasteiger partial charge in [-0.3, -0.25) is 4.79 Å². The lowest BCUT2D eigenvalue weighted by atomic mass is 9.86. The molecule has 2 nitrogen and oxygen atoms in total. The lowest BCUT2D eigenvalue weighted by Gasteiger charge is -2.28. The molecule has 2 aliphatic rings. The van der Waals surface area contributed by atoms with Crippen LogP contribution in [0.4, 0.5) is 17.6 Å². The molecule has 2 heterocycles. The van der Waals surface area contributed by atoms with E-state index in [-0.39, 0.29) is 23.7 Å². The minimum atomic E-state index is -4.57. The van der Waals surface area contributed by atoms with Crippen molar-refractivity contribution in [3.05, 3.63) is 35.1 Å². The molecule has 2 bridgehead atoms. The van der Waals surface area contributed by atoms with Crippen molar-refractivity contribution in [2.75, 3.05) is 0 Å². The summed E-state index contributed by atoms with van der Waals surface area (Å²) in [4.78, 5) is 12.3. The number of rotatable bonds is 3. The molecule has 3 rings (SSSR count). The molecule has 0 radical (unpaired) electrons. The highest BCUT2D eigenvalue weighted by Crippen LogP contribution is 2.33. The maximum Gasteiger partial charge on any atom is 0.416 e. The maximum atomic E-state index is 13.8. The zero-order valence-electron chi connectivity index (χ0n) is 11.9. The second kappa shape index (κ2) is 5.65. The highest BCUT2D eigenvalue weighted by Gasteiger charge is 2.37. The predicted molar refractivity (Wildman–Crippen MR) is 72.8 cm³/mol. The van der Waals surface area contributed by atoms with Crippen LogP contribution in [0.1, 0.15) is 36.8 Å². The summed E-state index contributed by atoms with van der Waals surface area (Å²) in [6.45, 7) is 0. The van der Waals surface area contributed by atoms with Crippen molar-refractivity contribution in [2.24, 2.45) is 5.92 Å². The summed E-state index contributed by atoms with van der Waals surface area (Å²) < 4.78 is 51.3. The topological polar surface area (TPSA) is 29.1 Å². The molecule has 0 amide bonds. The molecule has 0 spiro atoms. The summed E-state index contributed by atoms with van der Waals surface area (Å²) in [6.07, 6.45) is -1.09. The number of piperidine rings is 1. The van der Waals surface area contributed by atoms with Crippen molar-refractivity contribution in [3.63, 3.8) is 0 Å². The summed E-state index contributed by atoms with van der Waals surface area (Å²) >= 11 is 0. The van der Waals surface area contributed by atoms with Crippen LogP contribution in [-0.4, -0.2) is 17.9 Å². The molecule has 0 saturated carbocycles. The summed E-state index contributed by atoms with van der Waals surface area (Å²) in [6, 6.07) is 3.08. The normalized spacial score (nSPS) is 27.9. The Morgan fingerprint density at radius 1 is 1.18 bits per heavy atom. The van der Waals surface area contributed by atoms with E-state index in [0.717, 1.165) is 37.8 Å². The van der Waals surface area contributed by atoms with E-state index >= 15 is 0 Å². The third kappa shape index (κ3) is 3.16. The first-order chi connectivity index (χ1) is 10.3. The Hall–Kier alpha value is -1.43. The first-order valence-electron chi connectivity index (χ1n) is 7.47. The number of hydrogen-bond acceptors (Lipinski definition) is 2. The van der Waals surface area contributed by atoms with Crippen LogP contribution in [0.25, 0.3) is 0 Å². The zero-order valence-corrected chi connectivity index (χ0v) is 11.9. The number of fused-ring (bicyclic) bond motifs is 2. The third-order valence-electron chi connectivity index (χ3n) is 4.67. The maximum absolute atomic E-state index is 13.8. The Labute approximate surface area is 125 Å². The zero-order chi connectivity index (χ0) is 15.9. The summed E-state index contributed by atoms with van der Waals surface area (Å²) in [5, 5.41) is 3.42. The molecule has 22 heavy (non-hydrogen) atoms. The lowest BCUT2D eigenvalue weighted by Crippen LogP contribution is -2.40. The van der Waals surface area contributed by atoms with Gasteiger partial charge in [-0.2, -0.15) is 13.2 Å². The predicted octanol–water partition coefficient (Wildman–Crippen LogP) is 3.49. The molecule has 2 unspecified atom stereocenters. The SMILES string of the molecule is O=C(Cc1ccc(C(F)(F)F)cc1F)C1CC2CCC(C1)N2. The summed E-state index contributed by atoms with van der Waals surface area (Å²) in [7, 11) is 0. The van der Waals surface area contributed by atoms with Gasteiger partial charge in [0.2, 0.25) is 0 Å². The van der Waals surface area contributed by atoms with Gasteiger partial charge in [-0.05, 0) is 43.4 Å². The lowest BCUT2D eigenvalue weighted by molar-refractivity contribution is -0.137. The largest absolute Gasteiger partial charge is 0.416 e. The van der Waals surface area contributed by atoms with E-state index < -0.39 is 17.6 Å². The van der Waals surface area contributed by atoms with Crippen LogP contribution >= 0.6 is 0 Å². The Kier molecular flexibility index (Phi) is 3.97. The van der Waals surface area contributed by atoms with Crippen LogP contribution < -0.4 is 5.32 Å². The van der Waals surface area contributed by atoms with Gasteiger partial charge in [0, 0.05) is 24.4 Å². The molecule has 120 valence electrons. The van der Waals surface area contributed by atoms with Gasteiger partial charge in [-0.1, -0.05) is 6.07 Å². The van der Waals surface area contributed by atoms with Crippen LogP contribution in [-0.2, 0) is 17.4 Å². The molecule has 0 aliphatic carbocycles. The minimum absolute atomic E-state index is 0.0453. The quantitative estimate of drug-likeness (QED) is 0.865. The van der Waals surface area contributed by atoms with E-state index in [4.69, 9.17) is 0 Å². The summed E-state index contributed by atoms with van der Waals surface area (Å²) in [5.74, 6) is -1.14. The molecular weight excluding hydrogens is 298 g/mol. The number of benzene rings is 1. The fourth-order valence-corrected chi connectivity index (χ4v) is 3.52. The molecule has 2 aliphatic heterocycles. The molecule has 1 aromatic rings. The van der Waals surface area contributed by atoms with Crippen LogP contribution in [0.3, 0.4) is 0 Å². The van der Waals surface area contributed by atoms with Crippen molar-refractivity contribution >= 4 is 5.78 Å². The average Bonchev–Trinajstić information content (AvgIpc) is 2.78. The van der Waals surface area contributed by atoms with E-state index in [1.165, 1.54) is 0 Å². The van der Waals surface area contributed by atoms with Crippen molar-refractivity contribution in [3.8, 4) is 0 Å². The minimum Gasteiger partial charge on any atom is -0.311 e. The second-order valence-corrected chi connectivity index (χ2v) is 6.25. The number of Topliss-reactive ketones (excluding diaryl/α,β-unsaturated/α-hetero) is 1.